The van der Waals surface area contributed by atoms with Crippen LogP contribution < -0.4 is 10.9 Å². The van der Waals surface area contributed by atoms with E-state index in [0.717, 1.165) is 0 Å². The predicted molar refractivity (Wildman–Crippen MR) is 51.5 cm³/mol. The number of hydrogen-bond acceptors (Lipinski definition) is 4. The molecule has 0 fully saturated rings. The summed E-state index contributed by atoms with van der Waals surface area (Å²) in [6, 6.07) is 6.96. The van der Waals surface area contributed by atoms with E-state index in [2.05, 4.69) is 5.14 Å². The van der Waals surface area contributed by atoms with E-state index in [1.807, 2.05) is 0 Å². The van der Waals surface area contributed by atoms with Crippen LogP contribution in [0.1, 0.15) is 11.6 Å². The van der Waals surface area contributed by atoms with Crippen molar-refractivity contribution in [2.24, 2.45) is 10.9 Å². The Bertz CT molecular complexity index is 427. The molecule has 76 valence electrons. The minimum absolute atomic E-state index is 0.423. The molecule has 0 aliphatic rings. The van der Waals surface area contributed by atoms with Gasteiger partial charge in [-0.25, -0.2) is 13.6 Å². The smallest absolute Gasteiger partial charge is 0.282 e. The van der Waals surface area contributed by atoms with Gasteiger partial charge in [-0.1, -0.05) is 30.3 Å². The van der Waals surface area contributed by atoms with E-state index >= 15 is 0 Å². The summed E-state index contributed by atoms with van der Waals surface area (Å²) in [6.45, 7) is 0. The Kier molecular flexibility index (Phi) is 3.00. The number of rotatable bonds is 2. The summed E-state index contributed by atoms with van der Waals surface area (Å²) in [5.41, 5.74) is 5.84. The SMILES string of the molecule is NC(C(=O)S(N)(=O)=O)c1ccccc1. The molecule has 0 amide bonds. The van der Waals surface area contributed by atoms with Gasteiger partial charge < -0.3 is 5.73 Å². The van der Waals surface area contributed by atoms with Gasteiger partial charge in [-0.3, -0.25) is 4.79 Å². The molecule has 6 heteroatoms. The van der Waals surface area contributed by atoms with Crippen molar-refractivity contribution < 1.29 is 13.2 Å². The molecule has 0 aliphatic heterocycles. The molecule has 0 radical (unpaired) electrons. The molecule has 1 aromatic carbocycles. The van der Waals surface area contributed by atoms with E-state index in [4.69, 9.17) is 5.73 Å². The van der Waals surface area contributed by atoms with Gasteiger partial charge in [0.1, 0.15) is 6.04 Å². The monoisotopic (exact) mass is 214 g/mol. The molecule has 1 atom stereocenters. The first-order chi connectivity index (χ1) is 6.43. The lowest BCUT2D eigenvalue weighted by molar-refractivity contribution is -0.113. The summed E-state index contributed by atoms with van der Waals surface area (Å²) in [5, 5.41) is 3.48. The van der Waals surface area contributed by atoms with E-state index in [0.29, 0.717) is 5.56 Å². The summed E-state index contributed by atoms with van der Waals surface area (Å²) in [5.74, 6) is 0. The highest BCUT2D eigenvalue weighted by atomic mass is 32.2. The van der Waals surface area contributed by atoms with E-state index in [-0.39, 0.29) is 0 Å². The Morgan fingerprint density at radius 2 is 1.71 bits per heavy atom. The average Bonchev–Trinajstić information content (AvgIpc) is 2.15. The van der Waals surface area contributed by atoms with E-state index in [1.165, 1.54) is 0 Å². The Hall–Kier alpha value is -1.24. The van der Waals surface area contributed by atoms with Gasteiger partial charge in [-0.2, -0.15) is 0 Å². The van der Waals surface area contributed by atoms with Gasteiger partial charge in [0.2, 0.25) is 0 Å². The highest BCUT2D eigenvalue weighted by Crippen LogP contribution is 2.11. The van der Waals surface area contributed by atoms with E-state index in [9.17, 15) is 13.2 Å². The molecule has 1 unspecified atom stereocenters. The topological polar surface area (TPSA) is 103 Å². The minimum Gasteiger partial charge on any atom is -0.317 e. The van der Waals surface area contributed by atoms with Crippen molar-refractivity contribution in [1.82, 2.24) is 0 Å². The van der Waals surface area contributed by atoms with Crippen molar-refractivity contribution >= 4 is 15.1 Å². The summed E-state index contributed by atoms with van der Waals surface area (Å²) in [6.07, 6.45) is 0. The Labute approximate surface area is 81.8 Å². The standard InChI is InChI=1S/C8H10N2O3S/c9-7(8(11)14(10,12)13)6-4-2-1-3-5-6/h1-5,7H,9H2,(H2,10,12,13). The van der Waals surface area contributed by atoms with Gasteiger partial charge in [0.05, 0.1) is 0 Å². The molecular weight excluding hydrogens is 204 g/mol. The summed E-state index contributed by atoms with van der Waals surface area (Å²) < 4.78 is 21.4. The van der Waals surface area contributed by atoms with Crippen molar-refractivity contribution in [3.8, 4) is 0 Å². The largest absolute Gasteiger partial charge is 0.317 e. The van der Waals surface area contributed by atoms with Crippen molar-refractivity contribution in [2.45, 2.75) is 6.04 Å². The van der Waals surface area contributed by atoms with Crippen LogP contribution in [-0.2, 0) is 14.8 Å². The minimum atomic E-state index is -4.21. The molecule has 0 saturated carbocycles. The molecule has 4 N–H and O–H groups in total. The van der Waals surface area contributed by atoms with Gasteiger partial charge in [-0.15, -0.1) is 0 Å². The van der Waals surface area contributed by atoms with Crippen LogP contribution in [0.15, 0.2) is 30.3 Å². The van der Waals surface area contributed by atoms with Crippen molar-refractivity contribution in [1.29, 1.82) is 0 Å². The zero-order valence-electron chi connectivity index (χ0n) is 7.25. The maximum Gasteiger partial charge on any atom is 0.282 e. The Morgan fingerprint density at radius 3 is 2.14 bits per heavy atom. The molecule has 0 bridgehead atoms. The third-order valence-corrected chi connectivity index (χ3v) is 2.51. The molecule has 14 heavy (non-hydrogen) atoms. The number of sulfonamides is 1. The van der Waals surface area contributed by atoms with Gasteiger partial charge in [-0.05, 0) is 5.56 Å². The summed E-state index contributed by atoms with van der Waals surface area (Å²) in [7, 11) is -4.21. The molecule has 1 rings (SSSR count). The predicted octanol–water partition coefficient (Wildman–Crippen LogP) is -0.498. The number of carbonyl (C=O) groups is 1. The third kappa shape index (κ3) is 2.38. The molecule has 0 aliphatic carbocycles. The Balaban J connectivity index is 2.99. The quantitative estimate of drug-likeness (QED) is 0.692. The first-order valence-corrected chi connectivity index (χ1v) is 5.34. The van der Waals surface area contributed by atoms with Gasteiger partial charge in [0.15, 0.2) is 0 Å². The molecule has 0 heterocycles. The summed E-state index contributed by atoms with van der Waals surface area (Å²) in [4.78, 5) is 11.1. The number of benzene rings is 1. The lowest BCUT2D eigenvalue weighted by atomic mass is 10.1. The van der Waals surface area contributed by atoms with Gasteiger partial charge in [0.25, 0.3) is 15.1 Å². The third-order valence-electron chi connectivity index (χ3n) is 1.69. The molecular formula is C8H10N2O3S. The van der Waals surface area contributed by atoms with Crippen molar-refractivity contribution in [3.63, 3.8) is 0 Å². The van der Waals surface area contributed by atoms with Gasteiger partial charge >= 0.3 is 0 Å². The molecule has 0 aromatic heterocycles. The van der Waals surface area contributed by atoms with Crippen LogP contribution in [0.3, 0.4) is 0 Å². The fraction of sp³-hybridized carbons (Fsp3) is 0.125. The van der Waals surface area contributed by atoms with E-state index in [1.54, 1.807) is 30.3 Å². The number of hydrogen-bond donors (Lipinski definition) is 2. The maximum atomic E-state index is 11.1. The Morgan fingerprint density at radius 1 is 1.21 bits per heavy atom. The van der Waals surface area contributed by atoms with Gasteiger partial charge in [0, 0.05) is 0 Å². The van der Waals surface area contributed by atoms with Crippen LogP contribution in [0.5, 0.6) is 0 Å². The molecule has 5 nitrogen and oxygen atoms in total. The van der Waals surface area contributed by atoms with E-state index < -0.39 is 21.2 Å². The maximum absolute atomic E-state index is 11.1. The van der Waals surface area contributed by atoms with Crippen LogP contribution in [0.4, 0.5) is 0 Å². The first-order valence-electron chi connectivity index (χ1n) is 3.80. The number of carbonyl (C=O) groups excluding carboxylic acids is 1. The fourth-order valence-electron chi connectivity index (χ4n) is 0.973. The van der Waals surface area contributed by atoms with Crippen molar-refractivity contribution in [3.05, 3.63) is 35.9 Å². The zero-order chi connectivity index (χ0) is 10.8. The zero-order valence-corrected chi connectivity index (χ0v) is 8.07. The fourth-order valence-corrected chi connectivity index (χ4v) is 1.46. The second-order valence-electron chi connectivity index (χ2n) is 2.75. The number of nitrogens with two attached hydrogens (primary N) is 2. The first kappa shape index (κ1) is 10.8. The second kappa shape index (κ2) is 3.87. The highest BCUT2D eigenvalue weighted by Gasteiger charge is 2.25. The lowest BCUT2D eigenvalue weighted by Gasteiger charge is -2.08. The molecule has 1 aromatic rings. The van der Waals surface area contributed by atoms with Crippen LogP contribution in [0.25, 0.3) is 0 Å². The molecule has 0 spiro atoms. The molecule has 0 saturated heterocycles. The van der Waals surface area contributed by atoms with Crippen LogP contribution in [-0.4, -0.2) is 13.5 Å². The number of primary sulfonamides is 1. The van der Waals surface area contributed by atoms with Crippen LogP contribution in [0.2, 0.25) is 0 Å². The van der Waals surface area contributed by atoms with Crippen LogP contribution >= 0.6 is 0 Å². The highest BCUT2D eigenvalue weighted by molar-refractivity contribution is 8.04. The average molecular weight is 214 g/mol. The normalized spacial score (nSPS) is 13.6. The second-order valence-corrected chi connectivity index (χ2v) is 4.24. The lowest BCUT2D eigenvalue weighted by Crippen LogP contribution is -2.33. The summed E-state index contributed by atoms with van der Waals surface area (Å²) >= 11 is 0. The van der Waals surface area contributed by atoms with Crippen molar-refractivity contribution in [2.75, 3.05) is 0 Å². The van der Waals surface area contributed by atoms with Crippen LogP contribution in [0, 0.1) is 0 Å².